The van der Waals surface area contributed by atoms with Crippen LogP contribution in [0, 0.1) is 35.0 Å². The first-order valence-corrected chi connectivity index (χ1v) is 10.8. The van der Waals surface area contributed by atoms with Gasteiger partial charge in [0.05, 0.1) is 18.9 Å². The van der Waals surface area contributed by atoms with E-state index in [0.29, 0.717) is 18.4 Å². The van der Waals surface area contributed by atoms with E-state index in [0.717, 1.165) is 28.3 Å². The summed E-state index contributed by atoms with van der Waals surface area (Å²) >= 11 is 0. The van der Waals surface area contributed by atoms with Crippen molar-refractivity contribution in [3.05, 3.63) is 70.9 Å². The van der Waals surface area contributed by atoms with Crippen LogP contribution >= 0.6 is 0 Å². The molecule has 0 radical (unpaired) electrons. The van der Waals surface area contributed by atoms with E-state index in [4.69, 9.17) is 10.1 Å². The molecule has 32 heavy (non-hydrogen) atoms. The van der Waals surface area contributed by atoms with E-state index >= 15 is 0 Å². The number of para-hydroxylation sites is 1. The Morgan fingerprint density at radius 2 is 1.91 bits per heavy atom. The molecule has 2 atom stereocenters. The van der Waals surface area contributed by atoms with E-state index in [2.05, 4.69) is 25.3 Å². The molecule has 0 fully saturated rings. The van der Waals surface area contributed by atoms with Crippen molar-refractivity contribution >= 4 is 17.3 Å². The van der Waals surface area contributed by atoms with Crippen LogP contribution in [0.2, 0.25) is 0 Å². The summed E-state index contributed by atoms with van der Waals surface area (Å²) in [5.74, 6) is -0.320. The van der Waals surface area contributed by atoms with Crippen molar-refractivity contribution < 1.29 is 9.53 Å². The molecule has 1 aliphatic carbocycles. The number of anilines is 1. The summed E-state index contributed by atoms with van der Waals surface area (Å²) in [4.78, 5) is 13.5. The lowest BCUT2D eigenvalue weighted by Crippen LogP contribution is -2.49. The molecule has 2 aromatic rings. The molecule has 2 aliphatic rings. The Morgan fingerprint density at radius 1 is 1.19 bits per heavy atom. The van der Waals surface area contributed by atoms with Crippen molar-refractivity contribution in [1.82, 2.24) is 5.01 Å². The van der Waals surface area contributed by atoms with Crippen LogP contribution in [-0.4, -0.2) is 23.7 Å². The van der Waals surface area contributed by atoms with E-state index in [9.17, 15) is 10.1 Å². The number of methoxy groups -OCH3 is 1. The van der Waals surface area contributed by atoms with Crippen molar-refractivity contribution in [3.8, 4) is 11.8 Å². The molecular formula is C26H28N4O2. The van der Waals surface area contributed by atoms with E-state index in [1.54, 1.807) is 12.1 Å². The second kappa shape index (κ2) is 8.16. The number of benzene rings is 2. The topological polar surface area (TPSA) is 89.2 Å². The van der Waals surface area contributed by atoms with Gasteiger partial charge in [0.15, 0.2) is 5.78 Å². The summed E-state index contributed by atoms with van der Waals surface area (Å²) in [5.41, 5.74) is 7.07. The summed E-state index contributed by atoms with van der Waals surface area (Å²) < 4.78 is 5.40. The van der Waals surface area contributed by atoms with Crippen molar-refractivity contribution in [2.24, 2.45) is 11.3 Å². The number of nitrogens with one attached hydrogen (secondary N) is 2. The van der Waals surface area contributed by atoms with Gasteiger partial charge in [-0.25, -0.2) is 5.01 Å². The Hall–Kier alpha value is -3.59. The zero-order chi connectivity index (χ0) is 23.0. The zero-order valence-electron chi connectivity index (χ0n) is 18.9. The quantitative estimate of drug-likeness (QED) is 0.699. The second-order valence-corrected chi connectivity index (χ2v) is 9.31. The molecule has 1 heterocycles. The molecule has 0 bridgehead atoms. The standard InChI is InChI=1S/C26H28N4O2/c1-16-12-17(10-11-22(16)32-4)23-19(15-27)25(28)30(29-18-8-6-5-7-9-18)20-13-26(2,3)14-21(31)24(20)23/h5-12,19,23,28-29H,13-14H2,1-4H3. The molecular weight excluding hydrogens is 400 g/mol. The first-order valence-electron chi connectivity index (χ1n) is 10.8. The highest BCUT2D eigenvalue weighted by atomic mass is 16.5. The number of hydrogen-bond donors (Lipinski definition) is 2. The maximum absolute atomic E-state index is 13.5. The smallest absolute Gasteiger partial charge is 0.161 e. The van der Waals surface area contributed by atoms with Crippen LogP contribution < -0.4 is 10.2 Å². The Bertz CT molecular complexity index is 1140. The maximum Gasteiger partial charge on any atom is 0.161 e. The number of nitriles is 1. The maximum atomic E-state index is 13.5. The number of ketones is 1. The Balaban J connectivity index is 1.90. The van der Waals surface area contributed by atoms with Crippen LogP contribution in [0.15, 0.2) is 59.8 Å². The number of nitrogens with zero attached hydrogens (tertiary/aromatic N) is 2. The number of ether oxygens (including phenoxy) is 1. The molecule has 2 unspecified atom stereocenters. The largest absolute Gasteiger partial charge is 0.496 e. The molecule has 6 nitrogen and oxygen atoms in total. The van der Waals surface area contributed by atoms with Gasteiger partial charge in [0, 0.05) is 23.6 Å². The van der Waals surface area contributed by atoms with Gasteiger partial charge in [-0.15, -0.1) is 0 Å². The summed E-state index contributed by atoms with van der Waals surface area (Å²) in [7, 11) is 1.62. The SMILES string of the molecule is COc1ccc(C2C3=C(CC(C)(C)CC3=O)N(Nc3ccccc3)C(=N)C2C#N)cc1C. The summed E-state index contributed by atoms with van der Waals surface area (Å²) in [6, 6.07) is 17.6. The van der Waals surface area contributed by atoms with E-state index in [1.807, 2.05) is 55.5 Å². The highest BCUT2D eigenvalue weighted by molar-refractivity contribution is 6.04. The van der Waals surface area contributed by atoms with Gasteiger partial charge in [-0.2, -0.15) is 5.26 Å². The number of Topliss-reactive ketones (excluding diaryl/α,β-unsaturated/α-hetero) is 1. The Kier molecular flexibility index (Phi) is 5.52. The van der Waals surface area contributed by atoms with E-state index in [-0.39, 0.29) is 17.0 Å². The van der Waals surface area contributed by atoms with Gasteiger partial charge >= 0.3 is 0 Å². The number of aryl methyl sites for hydroxylation is 1. The third-order valence-electron chi connectivity index (χ3n) is 6.28. The normalized spacial score (nSPS) is 22.3. The van der Waals surface area contributed by atoms with Gasteiger partial charge in [-0.3, -0.25) is 15.6 Å². The molecule has 6 heteroatoms. The van der Waals surface area contributed by atoms with Gasteiger partial charge in [-0.1, -0.05) is 44.2 Å². The summed E-state index contributed by atoms with van der Waals surface area (Å²) in [6.45, 7) is 6.09. The number of hydrogen-bond acceptors (Lipinski definition) is 5. The summed E-state index contributed by atoms with van der Waals surface area (Å²) in [5, 5.41) is 20.7. The van der Waals surface area contributed by atoms with Gasteiger partial charge in [0.1, 0.15) is 17.5 Å². The number of rotatable bonds is 4. The van der Waals surface area contributed by atoms with Crippen LogP contribution in [0.3, 0.4) is 0 Å². The minimum absolute atomic E-state index is 0.0438. The monoisotopic (exact) mass is 428 g/mol. The van der Waals surface area contributed by atoms with Crippen LogP contribution in [0.5, 0.6) is 5.75 Å². The predicted octanol–water partition coefficient (Wildman–Crippen LogP) is 5.19. The minimum atomic E-state index is -0.789. The molecule has 0 amide bonds. The van der Waals surface area contributed by atoms with Crippen molar-refractivity contribution in [3.63, 3.8) is 0 Å². The lowest BCUT2D eigenvalue weighted by molar-refractivity contribution is -0.118. The molecule has 2 N–H and O–H groups in total. The fourth-order valence-electron chi connectivity index (χ4n) is 4.82. The average molecular weight is 429 g/mol. The molecule has 4 rings (SSSR count). The van der Waals surface area contributed by atoms with Crippen molar-refractivity contribution in [2.45, 2.75) is 39.5 Å². The number of allylic oxidation sites excluding steroid dienone is 2. The van der Waals surface area contributed by atoms with Gasteiger partial charge in [0.2, 0.25) is 0 Å². The lowest BCUT2D eigenvalue weighted by Gasteiger charge is -2.45. The Labute approximate surface area is 189 Å². The van der Waals surface area contributed by atoms with Crippen LogP contribution in [0.25, 0.3) is 0 Å². The fourth-order valence-corrected chi connectivity index (χ4v) is 4.82. The fraction of sp³-hybridized carbons (Fsp3) is 0.346. The van der Waals surface area contributed by atoms with E-state index < -0.39 is 11.8 Å². The molecule has 0 saturated heterocycles. The van der Waals surface area contributed by atoms with Crippen LogP contribution in [-0.2, 0) is 4.79 Å². The third kappa shape index (κ3) is 3.75. The number of carbonyl (C=O) groups is 1. The molecule has 2 aromatic carbocycles. The molecule has 1 aliphatic heterocycles. The highest BCUT2D eigenvalue weighted by Crippen LogP contribution is 2.49. The molecule has 0 spiro atoms. The Morgan fingerprint density at radius 3 is 2.53 bits per heavy atom. The highest BCUT2D eigenvalue weighted by Gasteiger charge is 2.48. The number of amidine groups is 1. The molecule has 0 saturated carbocycles. The van der Waals surface area contributed by atoms with E-state index in [1.165, 1.54) is 0 Å². The average Bonchev–Trinajstić information content (AvgIpc) is 2.75. The van der Waals surface area contributed by atoms with Crippen LogP contribution in [0.1, 0.15) is 43.7 Å². The third-order valence-corrected chi connectivity index (χ3v) is 6.28. The first-order chi connectivity index (χ1) is 15.3. The predicted molar refractivity (Wildman–Crippen MR) is 124 cm³/mol. The number of carbonyl (C=O) groups excluding carboxylic acids is 1. The van der Waals surface area contributed by atoms with Gasteiger partial charge in [-0.05, 0) is 48.1 Å². The van der Waals surface area contributed by atoms with Crippen LogP contribution in [0.4, 0.5) is 5.69 Å². The van der Waals surface area contributed by atoms with Gasteiger partial charge < -0.3 is 4.74 Å². The second-order valence-electron chi connectivity index (χ2n) is 9.31. The van der Waals surface area contributed by atoms with Crippen molar-refractivity contribution in [2.75, 3.05) is 12.5 Å². The lowest BCUT2D eigenvalue weighted by atomic mass is 9.67. The van der Waals surface area contributed by atoms with Crippen molar-refractivity contribution in [1.29, 1.82) is 10.7 Å². The minimum Gasteiger partial charge on any atom is -0.496 e. The van der Waals surface area contributed by atoms with Gasteiger partial charge in [0.25, 0.3) is 0 Å². The zero-order valence-corrected chi connectivity index (χ0v) is 18.9. The number of hydrazine groups is 1. The summed E-state index contributed by atoms with van der Waals surface area (Å²) in [6.07, 6.45) is 1.06. The molecule has 0 aromatic heterocycles. The molecule has 164 valence electrons. The first kappa shape index (κ1) is 21.6.